The van der Waals surface area contributed by atoms with E-state index < -0.39 is 0 Å². The van der Waals surface area contributed by atoms with Gasteiger partial charge in [-0.1, -0.05) is 6.92 Å². The largest absolute Gasteiger partial charge is 0.396 e. The van der Waals surface area contributed by atoms with E-state index in [1.807, 2.05) is 0 Å². The Morgan fingerprint density at radius 2 is 2.31 bits per heavy atom. The van der Waals surface area contributed by atoms with Crippen LogP contribution >= 0.6 is 11.8 Å². The first kappa shape index (κ1) is 11.3. The quantitative estimate of drug-likeness (QED) is 0.712. The minimum Gasteiger partial charge on any atom is -0.396 e. The van der Waals surface area contributed by atoms with Crippen LogP contribution in [0, 0.1) is 0 Å². The van der Waals surface area contributed by atoms with Crippen molar-refractivity contribution in [2.24, 2.45) is 0 Å². The van der Waals surface area contributed by atoms with Gasteiger partial charge in [0.15, 0.2) is 0 Å². The van der Waals surface area contributed by atoms with Gasteiger partial charge in [-0.15, -0.1) is 0 Å². The Labute approximate surface area is 85.5 Å². The average Bonchev–Trinajstić information content (AvgIpc) is 2.52. The second-order valence-corrected chi connectivity index (χ2v) is 5.62. The first-order chi connectivity index (χ1) is 6.26. The summed E-state index contributed by atoms with van der Waals surface area (Å²) in [7, 11) is 2.05. The van der Waals surface area contributed by atoms with Gasteiger partial charge in [0, 0.05) is 23.1 Å². The summed E-state index contributed by atoms with van der Waals surface area (Å²) in [5.41, 5.74) is 0. The molecule has 3 atom stereocenters. The first-order valence-electron chi connectivity index (χ1n) is 5.19. The third-order valence-electron chi connectivity index (χ3n) is 2.75. The molecule has 2 N–H and O–H groups in total. The van der Waals surface area contributed by atoms with Crippen LogP contribution in [0.15, 0.2) is 0 Å². The number of thioether (sulfide) groups is 1. The smallest absolute Gasteiger partial charge is 0.0441 e. The Morgan fingerprint density at radius 3 is 2.85 bits per heavy atom. The molecular formula is C10H21NOS. The maximum Gasteiger partial charge on any atom is 0.0441 e. The zero-order valence-corrected chi connectivity index (χ0v) is 9.44. The molecule has 1 fully saturated rings. The fourth-order valence-corrected chi connectivity index (χ4v) is 3.42. The van der Waals surface area contributed by atoms with Crippen molar-refractivity contribution in [3.8, 4) is 0 Å². The summed E-state index contributed by atoms with van der Waals surface area (Å²) < 4.78 is 0. The molecule has 0 radical (unpaired) electrons. The summed E-state index contributed by atoms with van der Waals surface area (Å²) in [5, 5.41) is 13.6. The van der Waals surface area contributed by atoms with Gasteiger partial charge in [0.25, 0.3) is 0 Å². The molecule has 0 amide bonds. The number of rotatable bonds is 5. The van der Waals surface area contributed by atoms with Gasteiger partial charge in [-0.25, -0.2) is 0 Å². The highest BCUT2D eigenvalue weighted by molar-refractivity contribution is 8.00. The normalized spacial score (nSPS) is 30.7. The standard InChI is InChI=1S/C10H21NOS/c1-8(5-6-12)13-10-4-3-9(7-10)11-2/h8-12H,3-7H2,1-2H3. The molecule has 0 aromatic carbocycles. The van der Waals surface area contributed by atoms with Gasteiger partial charge in [-0.2, -0.15) is 11.8 Å². The van der Waals surface area contributed by atoms with Gasteiger partial charge in [0.1, 0.15) is 0 Å². The van der Waals surface area contributed by atoms with Crippen molar-refractivity contribution in [1.29, 1.82) is 0 Å². The number of aliphatic hydroxyl groups excluding tert-OH is 1. The van der Waals surface area contributed by atoms with Gasteiger partial charge in [-0.3, -0.25) is 0 Å². The molecule has 1 aliphatic rings. The van der Waals surface area contributed by atoms with E-state index in [2.05, 4.69) is 31.1 Å². The van der Waals surface area contributed by atoms with Crippen LogP contribution in [-0.2, 0) is 0 Å². The van der Waals surface area contributed by atoms with E-state index in [0.717, 1.165) is 17.7 Å². The molecule has 78 valence electrons. The summed E-state index contributed by atoms with van der Waals surface area (Å²) in [6, 6.07) is 0.735. The average molecular weight is 203 g/mol. The van der Waals surface area contributed by atoms with E-state index >= 15 is 0 Å². The van der Waals surface area contributed by atoms with Crippen molar-refractivity contribution in [2.45, 2.75) is 49.1 Å². The van der Waals surface area contributed by atoms with Crippen molar-refractivity contribution in [3.63, 3.8) is 0 Å². The highest BCUT2D eigenvalue weighted by atomic mass is 32.2. The van der Waals surface area contributed by atoms with Crippen LogP contribution in [0.3, 0.4) is 0 Å². The van der Waals surface area contributed by atoms with Gasteiger partial charge < -0.3 is 10.4 Å². The highest BCUT2D eigenvalue weighted by Crippen LogP contribution is 2.33. The Bertz CT molecular complexity index is 143. The third-order valence-corrected chi connectivity index (χ3v) is 4.27. The Morgan fingerprint density at radius 1 is 1.54 bits per heavy atom. The van der Waals surface area contributed by atoms with Crippen molar-refractivity contribution < 1.29 is 5.11 Å². The van der Waals surface area contributed by atoms with Crippen LogP contribution in [0.1, 0.15) is 32.6 Å². The van der Waals surface area contributed by atoms with Crippen LogP contribution in [0.25, 0.3) is 0 Å². The zero-order chi connectivity index (χ0) is 9.68. The molecule has 13 heavy (non-hydrogen) atoms. The predicted molar refractivity (Wildman–Crippen MR) is 59.2 cm³/mol. The summed E-state index contributed by atoms with van der Waals surface area (Å²) in [5.74, 6) is 0. The van der Waals surface area contributed by atoms with E-state index in [0.29, 0.717) is 11.9 Å². The Kier molecular flexibility index (Phi) is 5.14. The summed E-state index contributed by atoms with van der Waals surface area (Å²) in [6.07, 6.45) is 4.90. The summed E-state index contributed by atoms with van der Waals surface area (Å²) >= 11 is 2.05. The van der Waals surface area contributed by atoms with Crippen molar-refractivity contribution in [2.75, 3.05) is 13.7 Å². The molecule has 0 aliphatic heterocycles. The molecule has 0 bridgehead atoms. The second-order valence-electron chi connectivity index (χ2n) is 3.88. The lowest BCUT2D eigenvalue weighted by atomic mass is 10.3. The number of aliphatic hydroxyl groups is 1. The van der Waals surface area contributed by atoms with Gasteiger partial charge in [0.2, 0.25) is 0 Å². The lowest BCUT2D eigenvalue weighted by molar-refractivity contribution is 0.289. The third kappa shape index (κ3) is 3.88. The maximum absolute atomic E-state index is 8.78. The Hall–Kier alpha value is 0.270. The fourth-order valence-electron chi connectivity index (χ4n) is 1.90. The lowest BCUT2D eigenvalue weighted by Gasteiger charge is -2.15. The van der Waals surface area contributed by atoms with Crippen molar-refractivity contribution in [1.82, 2.24) is 5.32 Å². The molecule has 0 saturated heterocycles. The molecule has 0 aromatic heterocycles. The van der Waals surface area contributed by atoms with Crippen LogP contribution in [-0.4, -0.2) is 35.3 Å². The van der Waals surface area contributed by atoms with Crippen LogP contribution < -0.4 is 5.32 Å². The molecule has 1 saturated carbocycles. The van der Waals surface area contributed by atoms with E-state index in [-0.39, 0.29) is 0 Å². The summed E-state index contributed by atoms with van der Waals surface area (Å²) in [6.45, 7) is 2.55. The van der Waals surface area contributed by atoms with E-state index in [4.69, 9.17) is 5.11 Å². The molecule has 2 nitrogen and oxygen atoms in total. The lowest BCUT2D eigenvalue weighted by Crippen LogP contribution is -2.21. The molecule has 0 spiro atoms. The minimum absolute atomic E-state index is 0.330. The highest BCUT2D eigenvalue weighted by Gasteiger charge is 2.24. The fraction of sp³-hybridized carbons (Fsp3) is 1.00. The summed E-state index contributed by atoms with van der Waals surface area (Å²) in [4.78, 5) is 0. The number of hydrogen-bond donors (Lipinski definition) is 2. The molecule has 3 heteroatoms. The van der Waals surface area contributed by atoms with Gasteiger partial charge >= 0.3 is 0 Å². The van der Waals surface area contributed by atoms with Crippen LogP contribution in [0.5, 0.6) is 0 Å². The van der Waals surface area contributed by atoms with E-state index in [9.17, 15) is 0 Å². The molecule has 0 aromatic rings. The maximum atomic E-state index is 8.78. The minimum atomic E-state index is 0.330. The van der Waals surface area contributed by atoms with Gasteiger partial charge in [-0.05, 0) is 32.7 Å². The number of hydrogen-bond acceptors (Lipinski definition) is 3. The monoisotopic (exact) mass is 203 g/mol. The van der Waals surface area contributed by atoms with Crippen molar-refractivity contribution in [3.05, 3.63) is 0 Å². The molecular weight excluding hydrogens is 182 g/mol. The van der Waals surface area contributed by atoms with Gasteiger partial charge in [0.05, 0.1) is 0 Å². The van der Waals surface area contributed by atoms with Crippen molar-refractivity contribution >= 4 is 11.8 Å². The SMILES string of the molecule is CNC1CCC(SC(C)CCO)C1. The van der Waals surface area contributed by atoms with Crippen LogP contribution in [0.4, 0.5) is 0 Å². The van der Waals surface area contributed by atoms with E-state index in [1.165, 1.54) is 19.3 Å². The van der Waals surface area contributed by atoms with E-state index in [1.54, 1.807) is 0 Å². The van der Waals surface area contributed by atoms with Crippen LogP contribution in [0.2, 0.25) is 0 Å². The molecule has 1 aliphatic carbocycles. The number of nitrogens with one attached hydrogen (secondary N) is 1. The Balaban J connectivity index is 2.16. The second kappa shape index (κ2) is 5.89. The molecule has 0 heterocycles. The zero-order valence-electron chi connectivity index (χ0n) is 8.62. The topological polar surface area (TPSA) is 32.3 Å². The first-order valence-corrected chi connectivity index (χ1v) is 6.14. The molecule has 3 unspecified atom stereocenters. The predicted octanol–water partition coefficient (Wildman–Crippen LogP) is 1.63. The molecule has 1 rings (SSSR count).